The average Bonchev–Trinajstić information content (AvgIpc) is 2.19. The molecule has 0 heterocycles. The van der Waals surface area contributed by atoms with E-state index in [0.717, 1.165) is 19.3 Å². The highest BCUT2D eigenvalue weighted by atomic mass is 28.4. The molecule has 0 aromatic heterocycles. The van der Waals surface area contributed by atoms with E-state index in [-0.39, 0.29) is 0 Å². The van der Waals surface area contributed by atoms with Gasteiger partial charge in [0.2, 0.25) is 0 Å². The normalized spacial score (nSPS) is 11.7. The molecule has 0 saturated carbocycles. The van der Waals surface area contributed by atoms with E-state index >= 15 is 0 Å². The van der Waals surface area contributed by atoms with Crippen LogP contribution in [0.15, 0.2) is 30.3 Å². The lowest BCUT2D eigenvalue weighted by atomic mass is 10.2. The molecule has 3 heteroatoms. The monoisotopic (exact) mass is 224 g/mol. The van der Waals surface area contributed by atoms with Gasteiger partial charge in [0.05, 0.1) is 0 Å². The van der Waals surface area contributed by atoms with Gasteiger partial charge in [-0.15, -0.1) is 0 Å². The predicted molar refractivity (Wildman–Crippen MR) is 65.0 cm³/mol. The van der Waals surface area contributed by atoms with E-state index in [9.17, 15) is 0 Å². The minimum Gasteiger partial charge on any atom is -0.394 e. The first-order valence-electron chi connectivity index (χ1n) is 5.52. The van der Waals surface area contributed by atoms with Crippen molar-refractivity contribution in [3.8, 4) is 0 Å². The lowest BCUT2D eigenvalue weighted by Crippen LogP contribution is -2.41. The molecule has 0 radical (unpaired) electrons. The Morgan fingerprint density at radius 2 is 1.53 bits per heavy atom. The molecule has 1 aromatic rings. The van der Waals surface area contributed by atoms with Gasteiger partial charge in [-0.05, 0) is 26.0 Å². The molecule has 0 N–H and O–H groups in total. The first kappa shape index (κ1) is 12.4. The van der Waals surface area contributed by atoms with Crippen molar-refractivity contribution in [3.63, 3.8) is 0 Å². The summed E-state index contributed by atoms with van der Waals surface area (Å²) >= 11 is 0. The van der Waals surface area contributed by atoms with Gasteiger partial charge in [-0.3, -0.25) is 0 Å². The Bertz CT molecular complexity index is 268. The zero-order valence-corrected chi connectivity index (χ0v) is 10.8. The summed E-state index contributed by atoms with van der Waals surface area (Å²) in [5, 5.41) is 0. The van der Waals surface area contributed by atoms with E-state index in [0.29, 0.717) is 0 Å². The minimum atomic E-state index is -1.99. The lowest BCUT2D eigenvalue weighted by Gasteiger charge is -2.25. The summed E-state index contributed by atoms with van der Waals surface area (Å²) in [4.78, 5) is 0. The minimum absolute atomic E-state index is 0.732. The maximum absolute atomic E-state index is 5.79. The van der Waals surface area contributed by atoms with Crippen LogP contribution in [0.4, 0.5) is 0 Å². The fraction of sp³-hybridized carbons (Fsp3) is 0.500. The van der Waals surface area contributed by atoms with E-state index in [1.807, 2.05) is 19.9 Å². The van der Waals surface area contributed by atoms with Gasteiger partial charge >= 0.3 is 8.56 Å². The summed E-state index contributed by atoms with van der Waals surface area (Å²) in [6.45, 7) is 7.64. The maximum atomic E-state index is 5.79. The first-order valence-corrected chi connectivity index (χ1v) is 8.04. The topological polar surface area (TPSA) is 18.5 Å². The SMILES string of the molecule is CCO[Si](C)(Cc1ccccc1)OCC. The molecule has 0 atom stereocenters. The van der Waals surface area contributed by atoms with Gasteiger partial charge in [-0.25, -0.2) is 0 Å². The number of hydrogen-bond donors (Lipinski definition) is 0. The Morgan fingerprint density at radius 3 is 2.00 bits per heavy atom. The summed E-state index contributed by atoms with van der Waals surface area (Å²) in [5.41, 5.74) is 1.30. The zero-order valence-electron chi connectivity index (χ0n) is 9.82. The third-order valence-corrected chi connectivity index (χ3v) is 5.12. The molecule has 0 aliphatic heterocycles. The van der Waals surface area contributed by atoms with Crippen LogP contribution in [0, 0.1) is 0 Å². The highest BCUT2D eigenvalue weighted by molar-refractivity contribution is 6.65. The molecule has 0 amide bonds. The highest BCUT2D eigenvalue weighted by Crippen LogP contribution is 2.14. The van der Waals surface area contributed by atoms with Crippen LogP contribution >= 0.6 is 0 Å². The fourth-order valence-corrected chi connectivity index (χ4v) is 4.21. The summed E-state index contributed by atoms with van der Waals surface area (Å²) in [6, 6.07) is 11.3. The summed E-state index contributed by atoms with van der Waals surface area (Å²) in [5.74, 6) is 0. The Hall–Kier alpha value is -0.643. The maximum Gasteiger partial charge on any atom is 0.339 e. The molecule has 0 unspecified atom stereocenters. The van der Waals surface area contributed by atoms with Crippen LogP contribution in [0.3, 0.4) is 0 Å². The van der Waals surface area contributed by atoms with Crippen LogP contribution < -0.4 is 0 Å². The molecule has 2 nitrogen and oxygen atoms in total. The van der Waals surface area contributed by atoms with Gasteiger partial charge in [0, 0.05) is 19.3 Å². The summed E-state index contributed by atoms with van der Waals surface area (Å²) in [7, 11) is -1.99. The first-order chi connectivity index (χ1) is 7.20. The number of benzene rings is 1. The Labute approximate surface area is 93.5 Å². The van der Waals surface area contributed by atoms with Gasteiger partial charge < -0.3 is 8.85 Å². The average molecular weight is 224 g/mol. The zero-order chi connectivity index (χ0) is 11.1. The molecule has 15 heavy (non-hydrogen) atoms. The molecular formula is C12H20O2Si. The lowest BCUT2D eigenvalue weighted by molar-refractivity contribution is 0.188. The molecule has 0 spiro atoms. The number of hydrogen-bond acceptors (Lipinski definition) is 2. The fourth-order valence-electron chi connectivity index (χ4n) is 1.72. The van der Waals surface area contributed by atoms with Gasteiger partial charge in [0.15, 0.2) is 0 Å². The van der Waals surface area contributed by atoms with Crippen LogP contribution in [0.2, 0.25) is 6.55 Å². The third-order valence-electron chi connectivity index (χ3n) is 2.27. The van der Waals surface area contributed by atoms with Crippen LogP contribution in [-0.2, 0) is 14.9 Å². The van der Waals surface area contributed by atoms with Crippen LogP contribution in [-0.4, -0.2) is 21.8 Å². The second-order valence-electron chi connectivity index (χ2n) is 3.66. The van der Waals surface area contributed by atoms with E-state index in [4.69, 9.17) is 8.85 Å². The van der Waals surface area contributed by atoms with E-state index in [1.54, 1.807) is 0 Å². The van der Waals surface area contributed by atoms with Crippen molar-refractivity contribution in [1.82, 2.24) is 0 Å². The van der Waals surface area contributed by atoms with Gasteiger partial charge in [-0.1, -0.05) is 30.3 Å². The van der Waals surface area contributed by atoms with Crippen molar-refractivity contribution in [2.75, 3.05) is 13.2 Å². The van der Waals surface area contributed by atoms with Crippen molar-refractivity contribution in [3.05, 3.63) is 35.9 Å². The second-order valence-corrected chi connectivity index (χ2v) is 6.86. The highest BCUT2D eigenvalue weighted by Gasteiger charge is 2.30. The smallest absolute Gasteiger partial charge is 0.339 e. The van der Waals surface area contributed by atoms with Crippen molar-refractivity contribution in [2.45, 2.75) is 26.4 Å². The Morgan fingerprint density at radius 1 is 1.00 bits per heavy atom. The molecular weight excluding hydrogens is 204 g/mol. The van der Waals surface area contributed by atoms with Gasteiger partial charge in [-0.2, -0.15) is 0 Å². The summed E-state index contributed by atoms with van der Waals surface area (Å²) in [6.07, 6.45) is 0. The van der Waals surface area contributed by atoms with Crippen LogP contribution in [0.25, 0.3) is 0 Å². The van der Waals surface area contributed by atoms with Crippen molar-refractivity contribution in [2.24, 2.45) is 0 Å². The third kappa shape index (κ3) is 4.16. The second kappa shape index (κ2) is 6.05. The number of rotatable bonds is 6. The van der Waals surface area contributed by atoms with Crippen LogP contribution in [0.5, 0.6) is 0 Å². The van der Waals surface area contributed by atoms with Gasteiger partial charge in [0.1, 0.15) is 0 Å². The summed E-state index contributed by atoms with van der Waals surface area (Å²) < 4.78 is 11.6. The predicted octanol–water partition coefficient (Wildman–Crippen LogP) is 2.91. The quantitative estimate of drug-likeness (QED) is 0.692. The van der Waals surface area contributed by atoms with Gasteiger partial charge in [0.25, 0.3) is 0 Å². The van der Waals surface area contributed by atoms with E-state index in [1.165, 1.54) is 5.56 Å². The van der Waals surface area contributed by atoms with Crippen molar-refractivity contribution < 1.29 is 8.85 Å². The molecule has 1 rings (SSSR count). The molecule has 0 aliphatic carbocycles. The standard InChI is InChI=1S/C12H20O2Si/c1-4-13-15(3,14-5-2)11-12-9-7-6-8-10-12/h6-10H,4-5,11H2,1-3H3. The van der Waals surface area contributed by atoms with Crippen molar-refractivity contribution >= 4 is 8.56 Å². The largest absolute Gasteiger partial charge is 0.394 e. The molecule has 0 aliphatic rings. The van der Waals surface area contributed by atoms with E-state index in [2.05, 4.69) is 30.8 Å². The molecule has 84 valence electrons. The Balaban J connectivity index is 2.66. The Kier molecular flexibility index (Phi) is 5.01. The van der Waals surface area contributed by atoms with E-state index < -0.39 is 8.56 Å². The van der Waals surface area contributed by atoms with Crippen LogP contribution in [0.1, 0.15) is 19.4 Å². The molecule has 0 saturated heterocycles. The molecule has 0 bridgehead atoms. The molecule has 0 fully saturated rings. The van der Waals surface area contributed by atoms with Crippen molar-refractivity contribution in [1.29, 1.82) is 0 Å². The molecule has 1 aromatic carbocycles.